The number of rotatable bonds is 11. The number of ether oxygens (including phenoxy) is 1. The average molecular weight is 383 g/mol. The molecule has 0 saturated carbocycles. The predicted octanol–water partition coefficient (Wildman–Crippen LogP) is 4.16. The molecule has 0 fully saturated rings. The van der Waals surface area contributed by atoms with E-state index in [1.807, 2.05) is 32.2 Å². The van der Waals surface area contributed by atoms with Crippen molar-refractivity contribution in [2.75, 3.05) is 25.1 Å². The van der Waals surface area contributed by atoms with Crippen molar-refractivity contribution in [1.82, 2.24) is 0 Å². The lowest BCUT2D eigenvalue weighted by Gasteiger charge is -2.19. The summed E-state index contributed by atoms with van der Waals surface area (Å²) >= 11 is 0. The molecule has 28 heavy (non-hydrogen) atoms. The third-order valence-electron chi connectivity index (χ3n) is 4.64. The molecule has 1 unspecified atom stereocenters. The molecule has 0 saturated heterocycles. The minimum atomic E-state index is -1.15. The Balaban J connectivity index is 1.81. The second kappa shape index (κ2) is 11.2. The number of carbonyl (C=O) groups excluding carboxylic acids is 2. The van der Waals surface area contributed by atoms with Crippen LogP contribution in [0, 0.1) is 0 Å². The summed E-state index contributed by atoms with van der Waals surface area (Å²) in [6.07, 6.45) is 2.09. The van der Waals surface area contributed by atoms with Gasteiger partial charge in [-0.2, -0.15) is 0 Å². The molecule has 0 aliphatic carbocycles. The molecule has 0 aromatic heterocycles. The summed E-state index contributed by atoms with van der Waals surface area (Å²) in [5.74, 6) is -0.437. The minimum Gasteiger partial charge on any atom is -0.466 e. The maximum atomic E-state index is 12.5. The van der Waals surface area contributed by atoms with Gasteiger partial charge in [0.25, 0.3) is 0 Å². The molecule has 0 bridgehead atoms. The normalized spacial score (nSPS) is 11.7. The van der Waals surface area contributed by atoms with E-state index in [0.29, 0.717) is 24.2 Å². The summed E-state index contributed by atoms with van der Waals surface area (Å²) in [4.78, 5) is 25.9. The molecule has 0 radical (unpaired) electrons. The Morgan fingerprint density at radius 1 is 1.00 bits per heavy atom. The van der Waals surface area contributed by atoms with Crippen LogP contribution in [0.25, 0.3) is 0 Å². The topological polar surface area (TPSA) is 66.8 Å². The average Bonchev–Trinajstić information content (AvgIpc) is 2.73. The Labute approximate surface area is 166 Å². The van der Waals surface area contributed by atoms with E-state index < -0.39 is 6.10 Å². The number of carbonyl (C=O) groups is 2. The number of ketones is 1. The zero-order chi connectivity index (χ0) is 20.4. The zero-order valence-corrected chi connectivity index (χ0v) is 16.6. The molecule has 2 aromatic carbocycles. The van der Waals surface area contributed by atoms with Crippen LogP contribution < -0.4 is 4.90 Å². The van der Waals surface area contributed by atoms with Crippen LogP contribution in [0.4, 0.5) is 5.69 Å². The summed E-state index contributed by atoms with van der Waals surface area (Å²) in [6, 6.07) is 16.2. The fraction of sp³-hybridized carbons (Fsp3) is 0.391. The van der Waals surface area contributed by atoms with Crippen molar-refractivity contribution in [3.63, 3.8) is 0 Å². The first-order valence-corrected chi connectivity index (χ1v) is 9.77. The van der Waals surface area contributed by atoms with Gasteiger partial charge in [0.05, 0.1) is 6.61 Å². The minimum absolute atomic E-state index is 0.131. The lowest BCUT2D eigenvalue weighted by atomic mass is 10.00. The molecule has 2 rings (SSSR count). The SMILES string of the molecule is CCOC(=O)CCCCCN(C)c1ccc(C(=O)C(O)c2ccccc2)cc1. The highest BCUT2D eigenvalue weighted by Crippen LogP contribution is 2.21. The maximum absolute atomic E-state index is 12.5. The Kier molecular flexibility index (Phi) is 8.69. The van der Waals surface area contributed by atoms with Crippen LogP contribution in [0.3, 0.4) is 0 Å². The monoisotopic (exact) mass is 383 g/mol. The van der Waals surface area contributed by atoms with Gasteiger partial charge in [-0.25, -0.2) is 0 Å². The number of benzene rings is 2. The molecule has 1 N–H and O–H groups in total. The Hall–Kier alpha value is -2.66. The molecular weight excluding hydrogens is 354 g/mol. The number of hydrogen-bond donors (Lipinski definition) is 1. The summed E-state index contributed by atoms with van der Waals surface area (Å²) in [6.45, 7) is 3.11. The van der Waals surface area contributed by atoms with E-state index in [9.17, 15) is 14.7 Å². The largest absolute Gasteiger partial charge is 0.466 e. The van der Waals surface area contributed by atoms with Gasteiger partial charge in [0, 0.05) is 31.3 Å². The molecular formula is C23H29NO4. The van der Waals surface area contributed by atoms with Crippen LogP contribution in [0.15, 0.2) is 54.6 Å². The van der Waals surface area contributed by atoms with Gasteiger partial charge in [-0.1, -0.05) is 36.8 Å². The lowest BCUT2D eigenvalue weighted by Crippen LogP contribution is -2.19. The van der Waals surface area contributed by atoms with Crippen molar-refractivity contribution in [2.24, 2.45) is 0 Å². The predicted molar refractivity (Wildman–Crippen MR) is 111 cm³/mol. The van der Waals surface area contributed by atoms with Crippen molar-refractivity contribution in [2.45, 2.75) is 38.7 Å². The van der Waals surface area contributed by atoms with Crippen LogP contribution in [0.2, 0.25) is 0 Å². The van der Waals surface area contributed by atoms with Crippen LogP contribution in [0.5, 0.6) is 0 Å². The summed E-state index contributed by atoms with van der Waals surface area (Å²) in [5.41, 5.74) is 2.09. The molecule has 0 spiro atoms. The summed E-state index contributed by atoms with van der Waals surface area (Å²) < 4.78 is 4.92. The van der Waals surface area contributed by atoms with Gasteiger partial charge in [-0.15, -0.1) is 0 Å². The number of unbranched alkanes of at least 4 members (excludes halogenated alkanes) is 2. The van der Waals surface area contributed by atoms with Gasteiger partial charge < -0.3 is 14.7 Å². The van der Waals surface area contributed by atoms with E-state index in [2.05, 4.69) is 4.90 Å². The first-order valence-electron chi connectivity index (χ1n) is 9.77. The van der Waals surface area contributed by atoms with Crippen molar-refractivity contribution < 1.29 is 19.4 Å². The number of aliphatic hydroxyl groups excluding tert-OH is 1. The number of hydrogen-bond acceptors (Lipinski definition) is 5. The highest BCUT2D eigenvalue weighted by atomic mass is 16.5. The maximum Gasteiger partial charge on any atom is 0.305 e. The molecule has 1 atom stereocenters. The number of anilines is 1. The first kappa shape index (κ1) is 21.6. The van der Waals surface area contributed by atoms with Crippen LogP contribution in [0.1, 0.15) is 54.6 Å². The zero-order valence-electron chi connectivity index (χ0n) is 16.6. The van der Waals surface area contributed by atoms with E-state index in [0.717, 1.165) is 31.5 Å². The highest BCUT2D eigenvalue weighted by molar-refractivity contribution is 6.00. The standard InChI is InChI=1S/C23H29NO4/c1-3-28-21(25)12-8-5-9-17-24(2)20-15-13-19(14-16-20)23(27)22(26)18-10-6-4-7-11-18/h4,6-7,10-11,13-16,22,26H,3,5,8-9,12,17H2,1-2H3. The summed E-state index contributed by atoms with van der Waals surface area (Å²) in [5, 5.41) is 10.3. The Morgan fingerprint density at radius 2 is 1.68 bits per heavy atom. The van der Waals surface area contributed by atoms with Gasteiger partial charge in [0.2, 0.25) is 0 Å². The van der Waals surface area contributed by atoms with E-state index in [4.69, 9.17) is 4.74 Å². The third-order valence-corrected chi connectivity index (χ3v) is 4.64. The van der Waals surface area contributed by atoms with Gasteiger partial charge in [0.1, 0.15) is 6.10 Å². The molecule has 0 aliphatic rings. The molecule has 0 heterocycles. The second-order valence-corrected chi connectivity index (χ2v) is 6.76. The molecule has 5 heteroatoms. The second-order valence-electron chi connectivity index (χ2n) is 6.76. The lowest BCUT2D eigenvalue weighted by molar-refractivity contribution is -0.143. The van der Waals surface area contributed by atoms with E-state index in [1.54, 1.807) is 36.4 Å². The molecule has 5 nitrogen and oxygen atoms in total. The number of Topliss-reactive ketones (excluding diaryl/α,β-unsaturated/α-hetero) is 1. The van der Waals surface area contributed by atoms with Crippen molar-refractivity contribution in [3.8, 4) is 0 Å². The highest BCUT2D eigenvalue weighted by Gasteiger charge is 2.19. The number of nitrogens with zero attached hydrogens (tertiary/aromatic N) is 1. The van der Waals surface area contributed by atoms with Crippen molar-refractivity contribution in [3.05, 3.63) is 65.7 Å². The Bertz CT molecular complexity index is 743. The molecule has 150 valence electrons. The van der Waals surface area contributed by atoms with Crippen LogP contribution in [-0.4, -0.2) is 37.1 Å². The van der Waals surface area contributed by atoms with E-state index in [-0.39, 0.29) is 11.8 Å². The van der Waals surface area contributed by atoms with Crippen molar-refractivity contribution in [1.29, 1.82) is 0 Å². The number of aliphatic hydroxyl groups is 1. The fourth-order valence-electron chi connectivity index (χ4n) is 2.98. The van der Waals surface area contributed by atoms with Gasteiger partial charge in [-0.05, 0) is 49.6 Å². The summed E-state index contributed by atoms with van der Waals surface area (Å²) in [7, 11) is 2.00. The Morgan fingerprint density at radius 3 is 2.32 bits per heavy atom. The van der Waals surface area contributed by atoms with Gasteiger partial charge in [-0.3, -0.25) is 9.59 Å². The number of esters is 1. The van der Waals surface area contributed by atoms with Gasteiger partial charge in [0.15, 0.2) is 5.78 Å². The molecule has 0 amide bonds. The molecule has 0 aliphatic heterocycles. The van der Waals surface area contributed by atoms with Crippen LogP contribution >= 0.6 is 0 Å². The quantitative estimate of drug-likeness (QED) is 0.358. The van der Waals surface area contributed by atoms with Gasteiger partial charge >= 0.3 is 5.97 Å². The van der Waals surface area contributed by atoms with Crippen molar-refractivity contribution >= 4 is 17.4 Å². The third kappa shape index (κ3) is 6.50. The first-order chi connectivity index (χ1) is 13.5. The fourth-order valence-corrected chi connectivity index (χ4v) is 2.98. The van der Waals surface area contributed by atoms with E-state index in [1.165, 1.54) is 0 Å². The van der Waals surface area contributed by atoms with E-state index >= 15 is 0 Å². The van der Waals surface area contributed by atoms with Crippen LogP contribution in [-0.2, 0) is 9.53 Å². The smallest absolute Gasteiger partial charge is 0.305 e. The molecule has 2 aromatic rings.